The number of hydrogen-bond donors (Lipinski definition) is 3. The Morgan fingerprint density at radius 3 is 1.30 bits per heavy atom. The Morgan fingerprint density at radius 2 is 0.825 bits per heavy atom. The lowest BCUT2D eigenvalue weighted by atomic mass is 10.0. The van der Waals surface area contributed by atoms with Gasteiger partial charge in [0, 0.05) is 142 Å². The minimum Gasteiger partial charge on any atom is -0.482 e. The Kier molecular flexibility index (Phi) is 23.5. The molecule has 0 spiro atoms. The van der Waals surface area contributed by atoms with Crippen LogP contribution in [0, 0.1) is 0 Å². The van der Waals surface area contributed by atoms with Crippen molar-refractivity contribution in [2.24, 2.45) is 0 Å². The fourth-order valence-electron chi connectivity index (χ4n) is 20.2. The number of anilines is 10. The van der Waals surface area contributed by atoms with Gasteiger partial charge in [-0.05, 0) is 202 Å². The van der Waals surface area contributed by atoms with Gasteiger partial charge in [-0.2, -0.15) is 20.1 Å². The van der Waals surface area contributed by atoms with E-state index >= 15 is 0 Å². The van der Waals surface area contributed by atoms with E-state index < -0.39 is 0 Å². The van der Waals surface area contributed by atoms with Gasteiger partial charge in [0.1, 0.15) is 39.1 Å². The molecule has 36 heteroatoms. The van der Waals surface area contributed by atoms with Crippen molar-refractivity contribution >= 4 is 141 Å². The molecule has 5 aromatic carbocycles. The predicted molar refractivity (Wildman–Crippen MR) is 529 cm³/mol. The number of aromatic nitrogens is 17. The summed E-state index contributed by atoms with van der Waals surface area (Å²) >= 11 is 0. The molecule has 3 saturated heterocycles. The smallest absolute Gasteiger partial charge is 0.278 e. The van der Waals surface area contributed by atoms with Crippen LogP contribution in [0.2, 0.25) is 0 Å². The summed E-state index contributed by atoms with van der Waals surface area (Å²) in [6.07, 6.45) is 33.9. The largest absolute Gasteiger partial charge is 0.482 e. The maximum Gasteiger partial charge on any atom is 0.278 e. The lowest BCUT2D eigenvalue weighted by molar-refractivity contribution is -0.122. The Balaban J connectivity index is 0.000000119. The normalized spacial score (nSPS) is 17.5. The number of benzene rings is 5. The maximum atomic E-state index is 13.6. The van der Waals surface area contributed by atoms with Gasteiger partial charge in [0.25, 0.3) is 34.4 Å². The van der Waals surface area contributed by atoms with E-state index in [4.69, 9.17) is 44.2 Å². The van der Waals surface area contributed by atoms with Crippen molar-refractivity contribution in [3.8, 4) is 34.3 Å². The molecule has 36 nitrogen and oxygen atoms in total. The quantitative estimate of drug-likeness (QED) is 0.101. The van der Waals surface area contributed by atoms with E-state index in [0.717, 1.165) is 172 Å². The number of likely N-dealkylation sites (tertiary alicyclic amines) is 2. The number of allylic oxidation sites excluding steroid dienone is 6. The molecular weight excluding hydrogens is 1740 g/mol. The van der Waals surface area contributed by atoms with Crippen molar-refractivity contribution in [2.45, 2.75) is 136 Å². The molecule has 0 aliphatic carbocycles. The van der Waals surface area contributed by atoms with E-state index in [2.05, 4.69) is 149 Å². The molecule has 6 bridgehead atoms. The first-order valence-corrected chi connectivity index (χ1v) is 47.6. The van der Waals surface area contributed by atoms with E-state index in [1.165, 1.54) is 0 Å². The highest BCUT2D eigenvalue weighted by Crippen LogP contribution is 2.41. The van der Waals surface area contributed by atoms with Gasteiger partial charge in [0.15, 0.2) is 36.8 Å². The third-order valence-electron chi connectivity index (χ3n) is 27.7. The monoisotopic (exact) mass is 1840 g/mol. The van der Waals surface area contributed by atoms with Gasteiger partial charge in [0.2, 0.25) is 17.8 Å². The van der Waals surface area contributed by atoms with E-state index in [1.54, 1.807) is 56.7 Å². The molecule has 3 fully saturated rings. The molecule has 700 valence electrons. The first-order valence-electron chi connectivity index (χ1n) is 47.6. The van der Waals surface area contributed by atoms with Crippen LogP contribution in [0.1, 0.15) is 104 Å². The Labute approximate surface area is 787 Å². The number of rotatable bonds is 11. The van der Waals surface area contributed by atoms with Gasteiger partial charge in [-0.3, -0.25) is 38.4 Å². The number of ether oxygens (including phenoxy) is 3. The number of nitrogens with one attached hydrogen (secondary N) is 3. The van der Waals surface area contributed by atoms with Gasteiger partial charge in [-0.15, -0.1) is 0 Å². The van der Waals surface area contributed by atoms with Gasteiger partial charge >= 0.3 is 0 Å². The van der Waals surface area contributed by atoms with Gasteiger partial charge in [-0.1, -0.05) is 42.5 Å². The fourth-order valence-corrected chi connectivity index (χ4v) is 20.2. The predicted octanol–water partition coefficient (Wildman–Crippen LogP) is 13.3. The molecule has 19 heterocycles. The number of piperazine rings is 1. The van der Waals surface area contributed by atoms with Gasteiger partial charge in [-0.25, -0.2) is 48.0 Å². The molecule has 3 amide bonds. The summed E-state index contributed by atoms with van der Waals surface area (Å²) in [5.74, 6) is 2.81. The summed E-state index contributed by atoms with van der Waals surface area (Å²) in [4.78, 5) is 132. The second-order valence-electron chi connectivity index (χ2n) is 36.9. The van der Waals surface area contributed by atoms with Crippen molar-refractivity contribution in [1.29, 1.82) is 0 Å². The van der Waals surface area contributed by atoms with Crippen molar-refractivity contribution in [3.63, 3.8) is 0 Å². The highest BCUT2D eigenvalue weighted by atomic mass is 16.5. The molecule has 0 unspecified atom stereocenters. The zero-order chi connectivity index (χ0) is 93.2. The molecule has 9 aliphatic rings. The zero-order valence-electron chi connectivity index (χ0n) is 77.2. The molecule has 0 atom stereocenters. The second-order valence-corrected chi connectivity index (χ2v) is 36.9. The third kappa shape index (κ3) is 17.0. The number of nitrogens with zero attached hydrogens (tertiary/aromatic N) is 24. The van der Waals surface area contributed by atoms with Crippen LogP contribution in [0.5, 0.6) is 17.2 Å². The summed E-state index contributed by atoms with van der Waals surface area (Å²) in [6, 6.07) is 37.5. The summed E-state index contributed by atoms with van der Waals surface area (Å²) < 4.78 is 32.1. The van der Waals surface area contributed by atoms with Gasteiger partial charge in [0.05, 0.1) is 101 Å². The third-order valence-corrected chi connectivity index (χ3v) is 27.7. The summed E-state index contributed by atoms with van der Waals surface area (Å²) in [6.45, 7) is 20.4. The van der Waals surface area contributed by atoms with E-state index in [-0.39, 0.29) is 54.2 Å². The molecule has 137 heavy (non-hydrogen) atoms. The molecule has 9 aliphatic heterocycles. The highest BCUT2D eigenvalue weighted by molar-refractivity contribution is 6.01. The number of pyridine rings is 2. The first kappa shape index (κ1) is 87.2. The average molecular weight is 1840 g/mol. The van der Waals surface area contributed by atoms with E-state index in [0.29, 0.717) is 166 Å². The minimum absolute atomic E-state index is 0.0172. The second kappa shape index (κ2) is 36.9. The lowest BCUT2D eigenvalue weighted by Gasteiger charge is -2.35. The van der Waals surface area contributed by atoms with Crippen molar-refractivity contribution in [3.05, 3.63) is 220 Å². The van der Waals surface area contributed by atoms with Crippen LogP contribution >= 0.6 is 0 Å². The lowest BCUT2D eigenvalue weighted by Crippen LogP contribution is -2.44. The first-order chi connectivity index (χ1) is 66.9. The Hall–Kier alpha value is -15.2. The van der Waals surface area contributed by atoms with Crippen molar-refractivity contribution < 1.29 is 28.6 Å². The number of fused-ring (bicyclic) bond motifs is 18. The summed E-state index contributed by atoms with van der Waals surface area (Å²) in [5.41, 5.74) is 11.5. The molecule has 10 aromatic heterocycles. The molecule has 24 rings (SSSR count). The van der Waals surface area contributed by atoms with Crippen molar-refractivity contribution in [2.75, 3.05) is 134 Å². The molecule has 15 aromatic rings. The number of likely N-dealkylation sites (N-methyl/N-ethyl adjacent to an activating group) is 1. The number of amides is 3. The van der Waals surface area contributed by atoms with E-state index in [1.807, 2.05) is 120 Å². The zero-order valence-corrected chi connectivity index (χ0v) is 77.2. The molecule has 0 saturated carbocycles. The number of piperidine rings is 2. The number of hydrogen-bond acceptors (Lipinski definition) is 25. The maximum absolute atomic E-state index is 13.6. The average Bonchev–Trinajstić information content (AvgIpc) is 1.71. The van der Waals surface area contributed by atoms with Crippen LogP contribution in [0.25, 0.3) is 83.0 Å². The van der Waals surface area contributed by atoms with Crippen LogP contribution < -0.4 is 66.4 Å². The summed E-state index contributed by atoms with van der Waals surface area (Å²) in [5, 5.41) is 19.1. The molecule has 3 N–H and O–H groups in total. The topological polar surface area (TPSA) is 344 Å². The number of carbonyl (C=O) groups excluding carboxylic acids is 3. The molecule has 0 radical (unpaired) electrons. The molecular formula is C101H107N27O9. The SMILES string of the molecule is CC(C)N1CCC(n2ccc3cc(Nc4ncc5c(=O)n6n(c5n4)-c4ccc5c(c4)N(CCCC=CC6)C(=O)CO5)cnc32)CC1.CC(C)N1CCC(n2ncc3cc(Nc4ncc5c(=O)n6n(c5n4)-c4ccc5c(c4)N(CCCC=CC6)C(=O)CO5)ccc32)CC1.CN1CCN(c2cnc3cc(Nc4ncc5c(=O)n6n(c5n4)-c4ccc5c(c4)N(CCCC=CC6)C(=O)CO5)ccc3c2)CC1. The van der Waals surface area contributed by atoms with Crippen molar-refractivity contribution in [1.82, 2.24) is 97.0 Å². The Bertz CT molecular complexity index is 7240. The van der Waals surface area contributed by atoms with Crippen LogP contribution in [0.4, 0.5) is 57.7 Å². The summed E-state index contributed by atoms with van der Waals surface area (Å²) in [7, 11) is 2.15. The van der Waals surface area contributed by atoms with E-state index in [9.17, 15) is 28.8 Å². The number of carbonyl (C=O) groups is 3. The van der Waals surface area contributed by atoms with Crippen LogP contribution in [-0.2, 0) is 34.0 Å². The standard InChI is InChI=1S/2C34H37N9O3.C33H33N9O3/c1-22(2)39-15-11-25(12-16-39)42-28-9-7-24(17-23(28)19-36-42)37-34-35-20-27-32(38-34)43-26-8-10-30-29(18-26)40(31(44)21-46-30)13-5-3-4-6-14-41(43)33(27)45;1-22(2)39-14-10-25(11-15-39)40-16-9-23-17-24(19-35-31(23)40)37-34-36-20-27-32(38-34)43-26-7-8-29-28(18-26)41(30(44)21-46-29)12-5-3-4-6-13-42(43)33(27)45;1-38-12-14-39(15-13-38)25-16-22-6-7-23(17-27(22)34-19-25)36-33-35-20-26-31(37-33)42-24-8-9-29-28(18-24)40(30(43)21-45-29)10-4-2-3-5-11-41(42)32(26)44/h4,6-10,17-20,22,25H,3,5,11-16,21H2,1-2H3,(H,35,37,38);4,6-9,16-20,22,25H,3,5,10-15,21H2,1-2H3,(H,36,37,38);3,5-9,16-20H,2,4,10-15,21H2,1H3,(H,35,36,37). The van der Waals surface area contributed by atoms with Gasteiger partial charge < -0.3 is 69.0 Å². The van der Waals surface area contributed by atoms with Crippen LogP contribution in [0.3, 0.4) is 0 Å². The van der Waals surface area contributed by atoms with Crippen LogP contribution in [-0.4, -0.2) is 226 Å². The van der Waals surface area contributed by atoms with Crippen LogP contribution in [0.15, 0.2) is 203 Å². The minimum atomic E-state index is -0.189. The Morgan fingerprint density at radius 1 is 0.380 bits per heavy atom. The fraction of sp³-hybridized carbons (Fsp3) is 0.356. The highest BCUT2D eigenvalue weighted by Gasteiger charge is 2.34.